The monoisotopic (exact) mass is 336 g/mol. The maximum atomic E-state index is 11.9. The van der Waals surface area contributed by atoms with Gasteiger partial charge in [0.2, 0.25) is 5.91 Å². The Morgan fingerprint density at radius 1 is 1.20 bits per heavy atom. The van der Waals surface area contributed by atoms with E-state index >= 15 is 0 Å². The number of amides is 1. The van der Waals surface area contributed by atoms with Crippen LogP contribution in [0.2, 0.25) is 15.1 Å². The van der Waals surface area contributed by atoms with Gasteiger partial charge in [0.15, 0.2) is 0 Å². The number of carbonyl (C=O) groups is 1. The molecule has 1 atom stereocenters. The molecule has 0 aliphatic heterocycles. The number of nitrogens with one attached hydrogen (secondary N) is 2. The van der Waals surface area contributed by atoms with Gasteiger partial charge < -0.3 is 10.6 Å². The molecule has 0 saturated carbocycles. The van der Waals surface area contributed by atoms with Crippen LogP contribution < -0.4 is 10.6 Å². The zero-order valence-electron chi connectivity index (χ0n) is 11.6. The molecule has 0 spiro atoms. The Balaban J connectivity index is 2.57. The highest BCUT2D eigenvalue weighted by molar-refractivity contribution is 6.41. The van der Waals surface area contributed by atoms with Crippen LogP contribution in [0.25, 0.3) is 0 Å². The van der Waals surface area contributed by atoms with Crippen molar-refractivity contribution in [1.82, 2.24) is 5.32 Å². The van der Waals surface area contributed by atoms with E-state index in [4.69, 9.17) is 34.8 Å². The number of benzene rings is 1. The summed E-state index contributed by atoms with van der Waals surface area (Å²) in [7, 11) is 0. The van der Waals surface area contributed by atoms with Crippen LogP contribution in [-0.4, -0.2) is 18.5 Å². The first-order valence-electron chi connectivity index (χ1n) is 6.64. The second kappa shape index (κ2) is 8.60. The predicted molar refractivity (Wildman–Crippen MR) is 87.1 cm³/mol. The Morgan fingerprint density at radius 2 is 1.80 bits per heavy atom. The van der Waals surface area contributed by atoms with E-state index in [1.807, 2.05) is 0 Å². The highest BCUT2D eigenvalue weighted by atomic mass is 35.5. The average Bonchev–Trinajstić information content (AvgIpc) is 2.38. The van der Waals surface area contributed by atoms with Gasteiger partial charge in [0, 0.05) is 11.6 Å². The lowest BCUT2D eigenvalue weighted by molar-refractivity contribution is -0.121. The van der Waals surface area contributed by atoms with Gasteiger partial charge in [0.25, 0.3) is 0 Å². The third-order valence-electron chi connectivity index (χ3n) is 2.84. The number of carbonyl (C=O) groups excluding carboxylic acids is 1. The molecule has 0 saturated heterocycles. The molecule has 6 heteroatoms. The smallest absolute Gasteiger partial charge is 0.242 e. The van der Waals surface area contributed by atoms with Crippen LogP contribution in [0.5, 0.6) is 0 Å². The van der Waals surface area contributed by atoms with Crippen molar-refractivity contribution in [2.45, 2.75) is 39.2 Å². The summed E-state index contributed by atoms with van der Waals surface area (Å²) in [6.45, 7) is 4.56. The number of hydrogen-bond acceptors (Lipinski definition) is 2. The van der Waals surface area contributed by atoms with E-state index in [0.29, 0.717) is 27.3 Å². The molecule has 0 aliphatic rings. The summed E-state index contributed by atoms with van der Waals surface area (Å²) in [5.41, 5.74) is 0.522. The molecule has 1 unspecified atom stereocenters. The van der Waals surface area contributed by atoms with Crippen molar-refractivity contribution in [2.24, 2.45) is 0 Å². The Labute approximate surface area is 135 Å². The van der Waals surface area contributed by atoms with Gasteiger partial charge in [-0.3, -0.25) is 4.79 Å². The number of rotatable bonds is 7. The minimum absolute atomic E-state index is 0.0804. The molecule has 2 N–H and O–H groups in total. The van der Waals surface area contributed by atoms with E-state index in [2.05, 4.69) is 17.6 Å². The maximum Gasteiger partial charge on any atom is 0.242 e. The van der Waals surface area contributed by atoms with Gasteiger partial charge in [-0.1, -0.05) is 54.6 Å². The van der Waals surface area contributed by atoms with E-state index in [9.17, 15) is 4.79 Å². The van der Waals surface area contributed by atoms with E-state index in [0.717, 1.165) is 19.3 Å². The maximum absolute atomic E-state index is 11.9. The quantitative estimate of drug-likeness (QED) is 0.705. The van der Waals surface area contributed by atoms with Crippen molar-refractivity contribution in [3.63, 3.8) is 0 Å². The molecule has 1 rings (SSSR count). The first kappa shape index (κ1) is 17.4. The molecule has 112 valence electrons. The minimum atomic E-state index is -0.423. The fourth-order valence-corrected chi connectivity index (χ4v) is 2.63. The summed E-state index contributed by atoms with van der Waals surface area (Å²) in [6.07, 6.45) is 3.22. The summed E-state index contributed by atoms with van der Waals surface area (Å²) in [6, 6.07) is 2.75. The first-order chi connectivity index (χ1) is 9.45. The Hall–Kier alpha value is -0.640. The van der Waals surface area contributed by atoms with Crippen molar-refractivity contribution in [3.05, 3.63) is 27.2 Å². The van der Waals surface area contributed by atoms with Crippen LogP contribution in [0.4, 0.5) is 5.69 Å². The van der Waals surface area contributed by atoms with Crippen LogP contribution in [0.1, 0.15) is 33.1 Å². The van der Waals surface area contributed by atoms with Crippen molar-refractivity contribution < 1.29 is 4.79 Å². The molecule has 1 aromatic rings. The van der Waals surface area contributed by atoms with Gasteiger partial charge in [0.1, 0.15) is 6.04 Å². The standard InChI is InChI=1S/C14H19Cl3N2O/c1-3-4-5-6-18-14(20)9(2)19-13-11(16)7-10(15)8-12(13)17/h7-9,19H,3-6H2,1-2H3,(H,18,20). The summed E-state index contributed by atoms with van der Waals surface area (Å²) >= 11 is 18.0. The molecule has 0 fully saturated rings. The molecule has 20 heavy (non-hydrogen) atoms. The lowest BCUT2D eigenvalue weighted by atomic mass is 10.2. The van der Waals surface area contributed by atoms with Gasteiger partial charge in [-0.25, -0.2) is 0 Å². The molecule has 0 aliphatic carbocycles. The molecule has 0 heterocycles. The summed E-state index contributed by atoms with van der Waals surface area (Å²) in [4.78, 5) is 11.9. The fourth-order valence-electron chi connectivity index (χ4n) is 1.70. The summed E-state index contributed by atoms with van der Waals surface area (Å²) in [5, 5.41) is 7.14. The largest absolute Gasteiger partial charge is 0.371 e. The van der Waals surface area contributed by atoms with Gasteiger partial charge in [-0.2, -0.15) is 0 Å². The zero-order valence-corrected chi connectivity index (χ0v) is 13.9. The fraction of sp³-hybridized carbons (Fsp3) is 0.500. The van der Waals surface area contributed by atoms with Gasteiger partial charge in [-0.15, -0.1) is 0 Å². The van der Waals surface area contributed by atoms with Crippen molar-refractivity contribution in [1.29, 1.82) is 0 Å². The Morgan fingerprint density at radius 3 is 2.35 bits per heavy atom. The number of anilines is 1. The lowest BCUT2D eigenvalue weighted by Gasteiger charge is -2.17. The van der Waals surface area contributed by atoms with E-state index in [1.165, 1.54) is 0 Å². The van der Waals surface area contributed by atoms with Crippen LogP contribution in [0, 0.1) is 0 Å². The van der Waals surface area contributed by atoms with E-state index in [-0.39, 0.29) is 5.91 Å². The second-order valence-electron chi connectivity index (χ2n) is 4.61. The van der Waals surface area contributed by atoms with E-state index in [1.54, 1.807) is 19.1 Å². The Bertz CT molecular complexity index is 443. The van der Waals surface area contributed by atoms with Crippen LogP contribution >= 0.6 is 34.8 Å². The van der Waals surface area contributed by atoms with Gasteiger partial charge in [0.05, 0.1) is 15.7 Å². The average molecular weight is 338 g/mol. The third-order valence-corrected chi connectivity index (χ3v) is 3.65. The molecule has 3 nitrogen and oxygen atoms in total. The Kier molecular flexibility index (Phi) is 7.49. The van der Waals surface area contributed by atoms with Crippen molar-refractivity contribution >= 4 is 46.4 Å². The zero-order chi connectivity index (χ0) is 15.1. The highest BCUT2D eigenvalue weighted by Crippen LogP contribution is 2.34. The lowest BCUT2D eigenvalue weighted by Crippen LogP contribution is -2.38. The summed E-state index contributed by atoms with van der Waals surface area (Å²) in [5.74, 6) is -0.0804. The normalized spacial score (nSPS) is 12.1. The van der Waals surface area contributed by atoms with Crippen LogP contribution in [-0.2, 0) is 4.79 Å². The molecular formula is C14H19Cl3N2O. The third kappa shape index (κ3) is 5.39. The number of halogens is 3. The number of hydrogen-bond donors (Lipinski definition) is 2. The van der Waals surface area contributed by atoms with E-state index < -0.39 is 6.04 Å². The molecule has 0 radical (unpaired) electrons. The predicted octanol–water partition coefficient (Wildman–Crippen LogP) is 4.75. The number of unbranched alkanes of at least 4 members (excludes halogenated alkanes) is 2. The molecule has 0 aromatic heterocycles. The molecule has 0 bridgehead atoms. The van der Waals surface area contributed by atoms with Crippen molar-refractivity contribution in [2.75, 3.05) is 11.9 Å². The first-order valence-corrected chi connectivity index (χ1v) is 7.78. The second-order valence-corrected chi connectivity index (χ2v) is 5.86. The van der Waals surface area contributed by atoms with Gasteiger partial charge in [-0.05, 0) is 25.5 Å². The van der Waals surface area contributed by atoms with Gasteiger partial charge >= 0.3 is 0 Å². The molecular weight excluding hydrogens is 319 g/mol. The molecule has 1 aromatic carbocycles. The summed E-state index contributed by atoms with van der Waals surface area (Å²) < 4.78 is 0. The topological polar surface area (TPSA) is 41.1 Å². The van der Waals surface area contributed by atoms with Crippen LogP contribution in [0.3, 0.4) is 0 Å². The SMILES string of the molecule is CCCCCNC(=O)C(C)Nc1c(Cl)cc(Cl)cc1Cl. The minimum Gasteiger partial charge on any atom is -0.371 e. The van der Waals surface area contributed by atoms with Crippen molar-refractivity contribution in [3.8, 4) is 0 Å². The highest BCUT2D eigenvalue weighted by Gasteiger charge is 2.16. The molecule has 1 amide bonds. The van der Waals surface area contributed by atoms with Crippen LogP contribution in [0.15, 0.2) is 12.1 Å².